The van der Waals surface area contributed by atoms with E-state index in [0.717, 1.165) is 16.0 Å². The molecule has 90 valence electrons. The van der Waals surface area contributed by atoms with Gasteiger partial charge in [-0.1, -0.05) is 31.3 Å². The van der Waals surface area contributed by atoms with Crippen molar-refractivity contribution in [2.75, 3.05) is 0 Å². The summed E-state index contributed by atoms with van der Waals surface area (Å²) in [6.07, 6.45) is 2.13. The van der Waals surface area contributed by atoms with Crippen molar-refractivity contribution in [1.29, 1.82) is 0 Å². The van der Waals surface area contributed by atoms with Crippen LogP contribution in [0.2, 0.25) is 0 Å². The SMILES string of the molecule is C=C(S/C=C\N)c1ccc(C(=O)O)c(CC)c1. The smallest absolute Gasteiger partial charge is 0.335 e. The van der Waals surface area contributed by atoms with Gasteiger partial charge in [-0.25, -0.2) is 4.79 Å². The van der Waals surface area contributed by atoms with E-state index in [1.165, 1.54) is 18.0 Å². The van der Waals surface area contributed by atoms with Gasteiger partial charge in [-0.15, -0.1) is 0 Å². The molecule has 17 heavy (non-hydrogen) atoms. The Morgan fingerprint density at radius 2 is 2.29 bits per heavy atom. The van der Waals surface area contributed by atoms with Crippen LogP contribution in [-0.4, -0.2) is 11.1 Å². The standard InChI is InChI=1S/C13H15NO2S/c1-3-10-8-11(9(2)17-7-6-14)4-5-12(10)13(15)16/h4-8H,2-3,14H2,1H3,(H,15,16)/b7-6-. The molecule has 1 aromatic rings. The van der Waals surface area contributed by atoms with Gasteiger partial charge < -0.3 is 10.8 Å². The molecule has 0 aliphatic carbocycles. The second kappa shape index (κ2) is 6.15. The normalized spacial score (nSPS) is 10.6. The molecular weight excluding hydrogens is 234 g/mol. The molecule has 0 aliphatic rings. The van der Waals surface area contributed by atoms with E-state index in [0.29, 0.717) is 12.0 Å². The first kappa shape index (κ1) is 13.4. The third-order valence-electron chi connectivity index (χ3n) is 2.33. The molecule has 0 bridgehead atoms. The maximum Gasteiger partial charge on any atom is 0.335 e. The first-order chi connectivity index (χ1) is 8.10. The van der Waals surface area contributed by atoms with Crippen molar-refractivity contribution >= 4 is 22.6 Å². The summed E-state index contributed by atoms with van der Waals surface area (Å²) in [7, 11) is 0. The number of aryl methyl sites for hydroxylation is 1. The van der Waals surface area contributed by atoms with Gasteiger partial charge in [0.15, 0.2) is 0 Å². The molecule has 3 nitrogen and oxygen atoms in total. The summed E-state index contributed by atoms with van der Waals surface area (Å²) in [6, 6.07) is 5.25. The van der Waals surface area contributed by atoms with Gasteiger partial charge >= 0.3 is 5.97 Å². The van der Waals surface area contributed by atoms with Crippen LogP contribution in [0.1, 0.15) is 28.4 Å². The predicted molar refractivity (Wildman–Crippen MR) is 72.7 cm³/mol. The molecule has 0 atom stereocenters. The molecule has 0 radical (unpaired) electrons. The Kier molecular flexibility index (Phi) is 4.84. The second-order valence-electron chi connectivity index (χ2n) is 3.40. The molecule has 0 fully saturated rings. The molecule has 0 aromatic heterocycles. The lowest BCUT2D eigenvalue weighted by atomic mass is 10.0. The molecule has 0 spiro atoms. The summed E-state index contributed by atoms with van der Waals surface area (Å²) in [5, 5.41) is 10.7. The fourth-order valence-electron chi connectivity index (χ4n) is 1.46. The number of carboxylic acid groups (broad SMARTS) is 1. The molecule has 0 unspecified atom stereocenters. The maximum atomic E-state index is 11.0. The summed E-state index contributed by atoms with van der Waals surface area (Å²) >= 11 is 1.42. The van der Waals surface area contributed by atoms with Gasteiger partial charge in [0.2, 0.25) is 0 Å². The first-order valence-corrected chi connectivity index (χ1v) is 6.07. The van der Waals surface area contributed by atoms with Gasteiger partial charge in [0, 0.05) is 11.1 Å². The Hall–Kier alpha value is -1.68. The summed E-state index contributed by atoms with van der Waals surface area (Å²) in [5.41, 5.74) is 7.34. The van der Waals surface area contributed by atoms with E-state index in [1.807, 2.05) is 13.0 Å². The number of hydrogen-bond acceptors (Lipinski definition) is 3. The minimum absolute atomic E-state index is 0.350. The van der Waals surface area contributed by atoms with Crippen LogP contribution in [0.25, 0.3) is 4.91 Å². The van der Waals surface area contributed by atoms with Crippen molar-refractivity contribution in [3.8, 4) is 0 Å². The average Bonchev–Trinajstić information content (AvgIpc) is 2.34. The van der Waals surface area contributed by atoms with Crippen LogP contribution in [0, 0.1) is 0 Å². The minimum atomic E-state index is -0.895. The lowest BCUT2D eigenvalue weighted by Crippen LogP contribution is -2.02. The molecule has 1 aromatic carbocycles. The largest absolute Gasteiger partial charge is 0.478 e. The molecule has 0 amide bonds. The van der Waals surface area contributed by atoms with Crippen molar-refractivity contribution in [3.05, 3.63) is 53.1 Å². The van der Waals surface area contributed by atoms with E-state index in [1.54, 1.807) is 17.5 Å². The fourth-order valence-corrected chi connectivity index (χ4v) is 1.96. The zero-order chi connectivity index (χ0) is 12.8. The van der Waals surface area contributed by atoms with Gasteiger partial charge in [0.1, 0.15) is 0 Å². The average molecular weight is 249 g/mol. The number of benzene rings is 1. The summed E-state index contributed by atoms with van der Waals surface area (Å²) < 4.78 is 0. The molecule has 0 heterocycles. The van der Waals surface area contributed by atoms with Crippen LogP contribution in [-0.2, 0) is 6.42 Å². The number of aromatic carboxylic acids is 1. The first-order valence-electron chi connectivity index (χ1n) is 5.19. The van der Waals surface area contributed by atoms with Gasteiger partial charge in [0.25, 0.3) is 0 Å². The van der Waals surface area contributed by atoms with Crippen LogP contribution in [0.15, 0.2) is 36.4 Å². The molecule has 1 rings (SSSR count). The number of carboxylic acids is 1. The van der Waals surface area contributed by atoms with Crippen LogP contribution in [0.3, 0.4) is 0 Å². The van der Waals surface area contributed by atoms with Crippen LogP contribution < -0.4 is 5.73 Å². The van der Waals surface area contributed by atoms with E-state index in [9.17, 15) is 4.79 Å². The topological polar surface area (TPSA) is 63.3 Å². The predicted octanol–water partition coefficient (Wildman–Crippen LogP) is 3.08. The van der Waals surface area contributed by atoms with Gasteiger partial charge in [-0.05, 0) is 35.1 Å². The summed E-state index contributed by atoms with van der Waals surface area (Å²) in [5.74, 6) is -0.895. The van der Waals surface area contributed by atoms with Crippen molar-refractivity contribution in [3.63, 3.8) is 0 Å². The fraction of sp³-hybridized carbons (Fsp3) is 0.154. The van der Waals surface area contributed by atoms with E-state index in [4.69, 9.17) is 10.8 Å². The monoisotopic (exact) mass is 249 g/mol. The van der Waals surface area contributed by atoms with Crippen LogP contribution >= 0.6 is 11.8 Å². The second-order valence-corrected chi connectivity index (χ2v) is 4.40. The Labute approximate surface area is 105 Å². The van der Waals surface area contributed by atoms with Crippen LogP contribution in [0.5, 0.6) is 0 Å². The molecule has 0 aliphatic heterocycles. The Bertz CT molecular complexity index is 466. The van der Waals surface area contributed by atoms with E-state index >= 15 is 0 Å². The Balaban J connectivity index is 3.05. The zero-order valence-corrected chi connectivity index (χ0v) is 10.5. The highest BCUT2D eigenvalue weighted by Gasteiger charge is 2.10. The lowest BCUT2D eigenvalue weighted by Gasteiger charge is -2.08. The zero-order valence-electron chi connectivity index (χ0n) is 9.64. The highest BCUT2D eigenvalue weighted by atomic mass is 32.2. The summed E-state index contributed by atoms with van der Waals surface area (Å²) in [6.45, 7) is 5.85. The number of nitrogens with two attached hydrogens (primary N) is 1. The van der Waals surface area contributed by atoms with Crippen molar-refractivity contribution < 1.29 is 9.90 Å². The van der Waals surface area contributed by atoms with Gasteiger partial charge in [-0.2, -0.15) is 0 Å². The summed E-state index contributed by atoms with van der Waals surface area (Å²) in [4.78, 5) is 11.8. The lowest BCUT2D eigenvalue weighted by molar-refractivity contribution is 0.0696. The Morgan fingerprint density at radius 3 is 2.82 bits per heavy atom. The van der Waals surface area contributed by atoms with Crippen molar-refractivity contribution in [2.45, 2.75) is 13.3 Å². The highest BCUT2D eigenvalue weighted by molar-refractivity contribution is 8.10. The number of rotatable bonds is 5. The van der Waals surface area contributed by atoms with Gasteiger partial charge in [0.05, 0.1) is 5.56 Å². The van der Waals surface area contributed by atoms with E-state index in [-0.39, 0.29) is 0 Å². The van der Waals surface area contributed by atoms with E-state index in [2.05, 4.69) is 6.58 Å². The van der Waals surface area contributed by atoms with Crippen LogP contribution in [0.4, 0.5) is 0 Å². The molecule has 0 saturated carbocycles. The number of thioether (sulfide) groups is 1. The number of carbonyl (C=O) groups is 1. The third kappa shape index (κ3) is 3.39. The van der Waals surface area contributed by atoms with E-state index < -0.39 is 5.97 Å². The quantitative estimate of drug-likeness (QED) is 0.841. The molecule has 4 heteroatoms. The minimum Gasteiger partial charge on any atom is -0.478 e. The molecule has 3 N–H and O–H groups in total. The molecule has 0 saturated heterocycles. The third-order valence-corrected chi connectivity index (χ3v) is 3.14. The number of hydrogen-bond donors (Lipinski definition) is 2. The van der Waals surface area contributed by atoms with Crippen molar-refractivity contribution in [2.24, 2.45) is 5.73 Å². The highest BCUT2D eigenvalue weighted by Crippen LogP contribution is 2.28. The Morgan fingerprint density at radius 1 is 1.59 bits per heavy atom. The van der Waals surface area contributed by atoms with Crippen molar-refractivity contribution in [1.82, 2.24) is 0 Å². The maximum absolute atomic E-state index is 11.0. The molecular formula is C13H15NO2S. The van der Waals surface area contributed by atoms with Gasteiger partial charge in [-0.3, -0.25) is 0 Å².